The molecule has 0 aromatic carbocycles. The summed E-state index contributed by atoms with van der Waals surface area (Å²) in [5.74, 6) is 0.101. The molecular formula is C18H21N5O3S3. The van der Waals surface area contributed by atoms with E-state index in [1.54, 1.807) is 23.1 Å². The molecule has 2 aromatic rings. The molecule has 2 fully saturated rings. The highest BCUT2D eigenvalue weighted by Gasteiger charge is 2.55. The molecule has 154 valence electrons. The number of thiophene rings is 1. The monoisotopic (exact) mass is 451 g/mol. The van der Waals surface area contributed by atoms with E-state index in [2.05, 4.69) is 26.9 Å². The fourth-order valence-electron chi connectivity index (χ4n) is 3.79. The molecule has 8 nitrogen and oxygen atoms in total. The largest absolute Gasteiger partial charge is 0.325 e. The highest BCUT2D eigenvalue weighted by Crippen LogP contribution is 2.38. The van der Waals surface area contributed by atoms with Crippen LogP contribution in [0.1, 0.15) is 37.5 Å². The van der Waals surface area contributed by atoms with E-state index in [0.29, 0.717) is 11.6 Å². The standard InChI is InChI=1S/C18H21N5O3S3/c1-11-5-2-3-7-18(11)14(25)23(16(26)20-18)9-13(24)19-15-21-22-17(29-15)28-10-12-6-4-8-27-12/h4,6,8,11H,2-3,5,7,9-10H2,1H3,(H,20,26)(H,19,21,24). The number of urea groups is 1. The van der Waals surface area contributed by atoms with E-state index in [1.807, 2.05) is 18.4 Å². The summed E-state index contributed by atoms with van der Waals surface area (Å²) in [5.41, 5.74) is -0.857. The molecule has 0 radical (unpaired) electrons. The summed E-state index contributed by atoms with van der Waals surface area (Å²) >= 11 is 4.50. The zero-order chi connectivity index (χ0) is 20.4. The number of carbonyl (C=O) groups excluding carboxylic acids is 3. The fraction of sp³-hybridized carbons (Fsp3) is 0.500. The number of amides is 4. The molecular weight excluding hydrogens is 430 g/mol. The van der Waals surface area contributed by atoms with Crippen LogP contribution in [0.3, 0.4) is 0 Å². The van der Waals surface area contributed by atoms with E-state index < -0.39 is 17.5 Å². The van der Waals surface area contributed by atoms with Crippen LogP contribution >= 0.6 is 34.4 Å². The molecule has 1 spiro atoms. The average Bonchev–Trinajstić information content (AvgIpc) is 3.41. The Morgan fingerprint density at radius 2 is 2.28 bits per heavy atom. The van der Waals surface area contributed by atoms with Crippen molar-refractivity contribution in [3.8, 4) is 0 Å². The van der Waals surface area contributed by atoms with Crippen molar-refractivity contribution < 1.29 is 14.4 Å². The first-order valence-corrected chi connectivity index (χ1v) is 12.1. The lowest BCUT2D eigenvalue weighted by atomic mass is 9.73. The second-order valence-electron chi connectivity index (χ2n) is 7.23. The van der Waals surface area contributed by atoms with Gasteiger partial charge in [-0.2, -0.15) is 0 Å². The highest BCUT2D eigenvalue weighted by atomic mass is 32.2. The number of imide groups is 1. The van der Waals surface area contributed by atoms with Crippen LogP contribution in [0, 0.1) is 5.92 Å². The van der Waals surface area contributed by atoms with Crippen LogP contribution in [0.4, 0.5) is 9.93 Å². The van der Waals surface area contributed by atoms with Crippen molar-refractivity contribution in [2.24, 2.45) is 5.92 Å². The van der Waals surface area contributed by atoms with E-state index in [-0.39, 0.29) is 18.4 Å². The SMILES string of the molecule is CC1CCCCC12NC(=O)N(CC(=O)Nc1nnc(SCc3cccs3)s1)C2=O. The minimum absolute atomic E-state index is 0.0619. The summed E-state index contributed by atoms with van der Waals surface area (Å²) in [5, 5.41) is 15.9. The lowest BCUT2D eigenvalue weighted by Gasteiger charge is -2.36. The van der Waals surface area contributed by atoms with Crippen molar-refractivity contribution in [2.75, 3.05) is 11.9 Å². The summed E-state index contributed by atoms with van der Waals surface area (Å²) in [4.78, 5) is 40.0. The Morgan fingerprint density at radius 3 is 3.03 bits per heavy atom. The number of aromatic nitrogens is 2. The normalized spacial score (nSPS) is 24.2. The van der Waals surface area contributed by atoms with Crippen LogP contribution in [0.15, 0.2) is 21.9 Å². The lowest BCUT2D eigenvalue weighted by Crippen LogP contribution is -2.54. The Balaban J connectivity index is 1.34. The molecule has 0 bridgehead atoms. The summed E-state index contributed by atoms with van der Waals surface area (Å²) in [7, 11) is 0. The molecule has 3 heterocycles. The third kappa shape index (κ3) is 4.17. The molecule has 4 rings (SSSR count). The van der Waals surface area contributed by atoms with Crippen molar-refractivity contribution in [2.45, 2.75) is 48.2 Å². The summed E-state index contributed by atoms with van der Waals surface area (Å²) in [6, 6.07) is 3.56. The summed E-state index contributed by atoms with van der Waals surface area (Å²) in [6.07, 6.45) is 3.46. The molecule has 1 saturated carbocycles. The zero-order valence-electron chi connectivity index (χ0n) is 15.8. The quantitative estimate of drug-likeness (QED) is 0.397. The van der Waals surface area contributed by atoms with Gasteiger partial charge >= 0.3 is 6.03 Å². The first-order valence-electron chi connectivity index (χ1n) is 9.40. The first kappa shape index (κ1) is 20.3. The van der Waals surface area contributed by atoms with Crippen molar-refractivity contribution in [1.82, 2.24) is 20.4 Å². The predicted octanol–water partition coefficient (Wildman–Crippen LogP) is 3.33. The van der Waals surface area contributed by atoms with Crippen LogP contribution in [0.2, 0.25) is 0 Å². The summed E-state index contributed by atoms with van der Waals surface area (Å²) < 4.78 is 0.749. The van der Waals surface area contributed by atoms with Crippen molar-refractivity contribution in [3.63, 3.8) is 0 Å². The number of hydrogen-bond donors (Lipinski definition) is 2. The van der Waals surface area contributed by atoms with Crippen molar-refractivity contribution >= 4 is 57.4 Å². The molecule has 1 aliphatic carbocycles. The van der Waals surface area contributed by atoms with E-state index in [4.69, 9.17) is 0 Å². The van der Waals surface area contributed by atoms with Gasteiger partial charge in [0.25, 0.3) is 5.91 Å². The topological polar surface area (TPSA) is 104 Å². The van der Waals surface area contributed by atoms with Gasteiger partial charge in [-0.15, -0.1) is 21.5 Å². The third-order valence-corrected chi connectivity index (χ3v) is 8.45. The summed E-state index contributed by atoms with van der Waals surface area (Å²) in [6.45, 7) is 1.66. The maximum atomic E-state index is 12.9. The molecule has 2 atom stereocenters. The Kier molecular flexibility index (Phi) is 5.88. The van der Waals surface area contributed by atoms with E-state index in [1.165, 1.54) is 16.2 Å². The predicted molar refractivity (Wildman–Crippen MR) is 113 cm³/mol. The van der Waals surface area contributed by atoms with E-state index in [0.717, 1.165) is 34.3 Å². The van der Waals surface area contributed by atoms with Gasteiger partial charge in [-0.05, 0) is 30.2 Å². The minimum atomic E-state index is -0.857. The molecule has 11 heteroatoms. The molecule has 1 aliphatic heterocycles. The van der Waals surface area contributed by atoms with Crippen LogP contribution in [-0.4, -0.2) is 45.0 Å². The molecule has 1 saturated heterocycles. The van der Waals surface area contributed by atoms with Crippen LogP contribution in [0.25, 0.3) is 0 Å². The van der Waals surface area contributed by atoms with Gasteiger partial charge in [-0.1, -0.05) is 48.9 Å². The number of anilines is 1. The number of rotatable bonds is 6. The Morgan fingerprint density at radius 1 is 1.41 bits per heavy atom. The minimum Gasteiger partial charge on any atom is -0.323 e. The molecule has 29 heavy (non-hydrogen) atoms. The van der Waals surface area contributed by atoms with Gasteiger partial charge in [0.05, 0.1) is 0 Å². The number of nitrogens with zero attached hydrogens (tertiary/aromatic N) is 3. The highest BCUT2D eigenvalue weighted by molar-refractivity contribution is 8.00. The number of thioether (sulfide) groups is 1. The molecule has 2 unspecified atom stereocenters. The maximum absolute atomic E-state index is 12.9. The van der Waals surface area contributed by atoms with E-state index >= 15 is 0 Å². The van der Waals surface area contributed by atoms with Gasteiger partial charge in [0.15, 0.2) is 4.34 Å². The zero-order valence-corrected chi connectivity index (χ0v) is 18.3. The van der Waals surface area contributed by atoms with Crippen LogP contribution < -0.4 is 10.6 Å². The Labute approximate surface area is 180 Å². The lowest BCUT2D eigenvalue weighted by molar-refractivity contribution is -0.136. The van der Waals surface area contributed by atoms with Crippen LogP contribution in [0.5, 0.6) is 0 Å². The average molecular weight is 452 g/mol. The van der Waals surface area contributed by atoms with Gasteiger partial charge in [-0.25, -0.2) is 4.79 Å². The fourth-order valence-corrected chi connectivity index (χ4v) is 6.33. The second-order valence-corrected chi connectivity index (χ2v) is 10.5. The van der Waals surface area contributed by atoms with Gasteiger partial charge in [0.2, 0.25) is 11.0 Å². The molecule has 4 amide bonds. The van der Waals surface area contributed by atoms with Gasteiger partial charge < -0.3 is 5.32 Å². The molecule has 2 aromatic heterocycles. The molecule has 2 aliphatic rings. The van der Waals surface area contributed by atoms with Crippen LogP contribution in [-0.2, 0) is 15.3 Å². The third-order valence-electron chi connectivity index (χ3n) is 5.37. The smallest absolute Gasteiger partial charge is 0.323 e. The van der Waals surface area contributed by atoms with Crippen molar-refractivity contribution in [1.29, 1.82) is 0 Å². The van der Waals surface area contributed by atoms with Crippen molar-refractivity contribution in [3.05, 3.63) is 22.4 Å². The Bertz CT molecular complexity index is 916. The second kappa shape index (κ2) is 8.41. The van der Waals surface area contributed by atoms with Gasteiger partial charge in [0.1, 0.15) is 12.1 Å². The number of hydrogen-bond acceptors (Lipinski definition) is 8. The first-order chi connectivity index (χ1) is 14.0. The maximum Gasteiger partial charge on any atom is 0.325 e. The van der Waals surface area contributed by atoms with E-state index in [9.17, 15) is 14.4 Å². The van der Waals surface area contributed by atoms with Gasteiger partial charge in [0, 0.05) is 10.6 Å². The van der Waals surface area contributed by atoms with Gasteiger partial charge in [-0.3, -0.25) is 19.8 Å². The number of carbonyl (C=O) groups is 3. The number of nitrogens with one attached hydrogen (secondary N) is 2. The molecule has 2 N–H and O–H groups in total. The Hall–Kier alpha value is -1.98.